The minimum atomic E-state index is -0.0649. The summed E-state index contributed by atoms with van der Waals surface area (Å²) >= 11 is 0. The summed E-state index contributed by atoms with van der Waals surface area (Å²) in [5.41, 5.74) is 15.4. The van der Waals surface area contributed by atoms with Crippen molar-refractivity contribution in [3.63, 3.8) is 0 Å². The molecule has 0 radical (unpaired) electrons. The Morgan fingerprint density at radius 2 is 1.77 bits per heavy atom. The normalized spacial score (nSPS) is 12.8. The molecule has 1 amide bonds. The monoisotopic (exact) mass is 457 g/mol. The molecule has 1 aliphatic rings. The van der Waals surface area contributed by atoms with E-state index in [1.165, 1.54) is 0 Å². The zero-order valence-electron chi connectivity index (χ0n) is 19.1. The number of hydrogen-bond donors (Lipinski definition) is 1. The Balaban J connectivity index is 1.39. The van der Waals surface area contributed by atoms with Gasteiger partial charge in [0.25, 0.3) is 5.91 Å². The number of carbonyl (C=O) groups excluding carboxylic acids is 1. The third-order valence-electron chi connectivity index (χ3n) is 6.58. The van der Waals surface area contributed by atoms with Gasteiger partial charge in [-0.25, -0.2) is 4.52 Å². The van der Waals surface area contributed by atoms with Gasteiger partial charge >= 0.3 is 0 Å². The van der Waals surface area contributed by atoms with Crippen LogP contribution in [0, 0.1) is 0 Å². The number of anilines is 1. The van der Waals surface area contributed by atoms with Gasteiger partial charge in [0.15, 0.2) is 0 Å². The van der Waals surface area contributed by atoms with Crippen LogP contribution in [0.1, 0.15) is 21.5 Å². The summed E-state index contributed by atoms with van der Waals surface area (Å²) < 4.78 is 1.87. The SMILES string of the molecule is C=C(CN1Cc2c(-c3ccn4ncc(-c5ccccc5)c4c3)ccc(N)c2C1=O)c1ccncc1. The lowest BCUT2D eigenvalue weighted by Gasteiger charge is -2.17. The summed E-state index contributed by atoms with van der Waals surface area (Å²) in [6, 6.07) is 22.0. The fourth-order valence-electron chi connectivity index (χ4n) is 4.80. The molecule has 0 atom stereocenters. The molecule has 0 bridgehead atoms. The quantitative estimate of drug-likeness (QED) is 0.363. The molecule has 3 aromatic heterocycles. The standard InChI is InChI=1S/C29H23N5O/c1-19(20-9-12-31-13-10-20)17-33-18-25-23(7-8-26(30)28(25)29(33)35)22-11-14-34-27(15-22)24(16-32-34)21-5-3-2-4-6-21/h2-16H,1,17-18,30H2. The van der Waals surface area contributed by atoms with E-state index < -0.39 is 0 Å². The van der Waals surface area contributed by atoms with Gasteiger partial charge in [0.1, 0.15) is 0 Å². The van der Waals surface area contributed by atoms with Gasteiger partial charge in [-0.3, -0.25) is 9.78 Å². The van der Waals surface area contributed by atoms with Crippen molar-refractivity contribution in [2.75, 3.05) is 12.3 Å². The molecule has 0 aliphatic carbocycles. The first-order chi connectivity index (χ1) is 17.1. The number of nitrogens with zero attached hydrogens (tertiary/aromatic N) is 4. The van der Waals surface area contributed by atoms with E-state index in [-0.39, 0.29) is 5.91 Å². The van der Waals surface area contributed by atoms with Crippen LogP contribution < -0.4 is 5.73 Å². The Kier molecular flexibility index (Phi) is 4.92. The van der Waals surface area contributed by atoms with Crippen molar-refractivity contribution >= 4 is 22.7 Å². The topological polar surface area (TPSA) is 76.5 Å². The average molecular weight is 458 g/mol. The zero-order valence-corrected chi connectivity index (χ0v) is 19.1. The largest absolute Gasteiger partial charge is 0.398 e. The summed E-state index contributed by atoms with van der Waals surface area (Å²) in [6.07, 6.45) is 7.30. The molecule has 2 aromatic carbocycles. The summed E-state index contributed by atoms with van der Waals surface area (Å²) in [7, 11) is 0. The van der Waals surface area contributed by atoms with E-state index in [1.54, 1.807) is 17.3 Å². The highest BCUT2D eigenvalue weighted by Crippen LogP contribution is 2.38. The fraction of sp³-hybridized carbons (Fsp3) is 0.0690. The second-order valence-corrected chi connectivity index (χ2v) is 8.73. The molecule has 0 spiro atoms. The van der Waals surface area contributed by atoms with E-state index in [1.807, 2.05) is 65.4 Å². The average Bonchev–Trinajstić information content (AvgIpc) is 3.46. The van der Waals surface area contributed by atoms with E-state index in [9.17, 15) is 4.79 Å². The van der Waals surface area contributed by atoms with Crippen LogP contribution in [-0.2, 0) is 6.54 Å². The summed E-state index contributed by atoms with van der Waals surface area (Å²) in [6.45, 7) is 5.10. The summed E-state index contributed by atoms with van der Waals surface area (Å²) in [4.78, 5) is 19.2. The third kappa shape index (κ3) is 3.56. The molecule has 0 unspecified atom stereocenters. The molecule has 0 fully saturated rings. The molecule has 0 saturated heterocycles. The van der Waals surface area contributed by atoms with Crippen molar-refractivity contribution in [1.82, 2.24) is 19.5 Å². The third-order valence-corrected chi connectivity index (χ3v) is 6.58. The molecule has 5 aromatic rings. The van der Waals surface area contributed by atoms with Crippen LogP contribution in [0.4, 0.5) is 5.69 Å². The van der Waals surface area contributed by atoms with E-state index >= 15 is 0 Å². The van der Waals surface area contributed by atoms with Gasteiger partial charge in [0, 0.05) is 42.9 Å². The van der Waals surface area contributed by atoms with E-state index in [2.05, 4.69) is 34.9 Å². The lowest BCUT2D eigenvalue weighted by molar-refractivity contribution is 0.0800. The van der Waals surface area contributed by atoms with Crippen LogP contribution in [0.2, 0.25) is 0 Å². The Bertz CT molecular complexity index is 1590. The van der Waals surface area contributed by atoms with Crippen molar-refractivity contribution in [3.05, 3.63) is 115 Å². The van der Waals surface area contributed by atoms with E-state index in [4.69, 9.17) is 5.73 Å². The van der Waals surface area contributed by atoms with Crippen LogP contribution in [0.3, 0.4) is 0 Å². The Morgan fingerprint density at radius 3 is 2.57 bits per heavy atom. The van der Waals surface area contributed by atoms with Crippen LogP contribution in [0.15, 0.2) is 98.1 Å². The molecular formula is C29H23N5O. The first kappa shape index (κ1) is 20.9. The molecular weight excluding hydrogens is 434 g/mol. The molecule has 6 nitrogen and oxygen atoms in total. The van der Waals surface area contributed by atoms with Gasteiger partial charge < -0.3 is 10.6 Å². The Morgan fingerprint density at radius 1 is 0.971 bits per heavy atom. The highest BCUT2D eigenvalue weighted by atomic mass is 16.2. The number of carbonyl (C=O) groups is 1. The second-order valence-electron chi connectivity index (χ2n) is 8.73. The summed E-state index contributed by atoms with van der Waals surface area (Å²) in [5.74, 6) is -0.0649. The van der Waals surface area contributed by atoms with Crippen LogP contribution in [-0.4, -0.2) is 31.9 Å². The summed E-state index contributed by atoms with van der Waals surface area (Å²) in [5, 5.41) is 4.52. The Labute approximate surface area is 203 Å². The van der Waals surface area contributed by atoms with Crippen molar-refractivity contribution in [1.29, 1.82) is 0 Å². The van der Waals surface area contributed by atoms with Gasteiger partial charge in [-0.05, 0) is 63.7 Å². The minimum Gasteiger partial charge on any atom is -0.398 e. The lowest BCUT2D eigenvalue weighted by atomic mass is 9.95. The van der Waals surface area contributed by atoms with Crippen LogP contribution >= 0.6 is 0 Å². The van der Waals surface area contributed by atoms with Crippen molar-refractivity contribution in [2.45, 2.75) is 6.54 Å². The number of nitrogens with two attached hydrogens (primary N) is 1. The maximum atomic E-state index is 13.4. The van der Waals surface area contributed by atoms with Gasteiger partial charge in [0.2, 0.25) is 0 Å². The Hall–Kier alpha value is -4.71. The molecule has 0 saturated carbocycles. The van der Waals surface area contributed by atoms with Crippen LogP contribution in [0.25, 0.3) is 33.3 Å². The van der Waals surface area contributed by atoms with Gasteiger partial charge in [-0.15, -0.1) is 0 Å². The molecule has 2 N–H and O–H groups in total. The number of amides is 1. The van der Waals surface area contributed by atoms with Gasteiger partial charge in [0.05, 0.1) is 17.3 Å². The van der Waals surface area contributed by atoms with Crippen molar-refractivity contribution in [2.24, 2.45) is 0 Å². The number of rotatable bonds is 5. The predicted octanol–water partition coefficient (Wildman–Crippen LogP) is 5.31. The first-order valence-electron chi connectivity index (χ1n) is 11.4. The smallest absolute Gasteiger partial charge is 0.256 e. The molecule has 4 heterocycles. The lowest BCUT2D eigenvalue weighted by Crippen LogP contribution is -2.25. The van der Waals surface area contributed by atoms with Crippen molar-refractivity contribution < 1.29 is 4.79 Å². The number of pyridine rings is 2. The highest BCUT2D eigenvalue weighted by Gasteiger charge is 2.32. The highest BCUT2D eigenvalue weighted by molar-refractivity contribution is 6.05. The number of aromatic nitrogens is 3. The molecule has 6 heteroatoms. The first-order valence-corrected chi connectivity index (χ1v) is 11.4. The zero-order chi connectivity index (χ0) is 23.9. The fourth-order valence-corrected chi connectivity index (χ4v) is 4.80. The molecule has 170 valence electrons. The number of fused-ring (bicyclic) bond motifs is 2. The molecule has 35 heavy (non-hydrogen) atoms. The maximum absolute atomic E-state index is 13.4. The van der Waals surface area contributed by atoms with Crippen molar-refractivity contribution in [3.8, 4) is 22.3 Å². The molecule has 1 aliphatic heterocycles. The van der Waals surface area contributed by atoms with Gasteiger partial charge in [-0.1, -0.05) is 43.0 Å². The minimum absolute atomic E-state index is 0.0649. The second kappa shape index (κ2) is 8.25. The molecule has 6 rings (SSSR count). The van der Waals surface area contributed by atoms with E-state index in [0.717, 1.165) is 44.5 Å². The number of nitrogen functional groups attached to an aromatic ring is 1. The number of hydrogen-bond acceptors (Lipinski definition) is 4. The predicted molar refractivity (Wildman–Crippen MR) is 138 cm³/mol. The van der Waals surface area contributed by atoms with E-state index in [0.29, 0.717) is 24.3 Å². The van der Waals surface area contributed by atoms with Gasteiger partial charge in [-0.2, -0.15) is 5.10 Å². The van der Waals surface area contributed by atoms with Crippen LogP contribution in [0.5, 0.6) is 0 Å². The number of benzene rings is 2. The maximum Gasteiger partial charge on any atom is 0.256 e.